The molecule has 0 aromatic heterocycles. The van der Waals surface area contributed by atoms with E-state index < -0.39 is 6.04 Å². The highest BCUT2D eigenvalue weighted by Crippen LogP contribution is 2.19. The minimum absolute atomic E-state index is 0.0311. The zero-order valence-corrected chi connectivity index (χ0v) is 15.9. The van der Waals surface area contributed by atoms with Crippen LogP contribution in [0.15, 0.2) is 29.4 Å². The fraction of sp³-hybridized carbons (Fsp3) is 0.526. The number of amides is 2. The summed E-state index contributed by atoms with van der Waals surface area (Å²) in [6.07, 6.45) is 2.96. The number of hydrogen-bond acceptors (Lipinski definition) is 5. The molecule has 1 fully saturated rings. The largest absolute Gasteiger partial charge is 0.409 e. The van der Waals surface area contributed by atoms with Gasteiger partial charge in [-0.05, 0) is 37.8 Å². The summed E-state index contributed by atoms with van der Waals surface area (Å²) >= 11 is 0. The summed E-state index contributed by atoms with van der Waals surface area (Å²) < 4.78 is 0. The van der Waals surface area contributed by atoms with Crippen LogP contribution >= 0.6 is 0 Å². The molecule has 1 heterocycles. The van der Waals surface area contributed by atoms with Gasteiger partial charge in [-0.25, -0.2) is 0 Å². The molecule has 1 aromatic carbocycles. The van der Waals surface area contributed by atoms with E-state index in [0.29, 0.717) is 18.0 Å². The number of carbonyl (C=O) groups is 2. The van der Waals surface area contributed by atoms with Crippen molar-refractivity contribution in [1.82, 2.24) is 16.0 Å². The molecule has 27 heavy (non-hydrogen) atoms. The number of piperidine rings is 1. The van der Waals surface area contributed by atoms with Crippen LogP contribution in [-0.2, 0) is 16.1 Å². The summed E-state index contributed by atoms with van der Waals surface area (Å²) in [7, 11) is 0. The first kappa shape index (κ1) is 20.7. The van der Waals surface area contributed by atoms with Crippen molar-refractivity contribution in [2.75, 3.05) is 6.54 Å². The van der Waals surface area contributed by atoms with Crippen molar-refractivity contribution in [2.45, 2.75) is 51.7 Å². The topological polar surface area (TPSA) is 129 Å². The second-order valence-electron chi connectivity index (χ2n) is 6.94. The summed E-state index contributed by atoms with van der Waals surface area (Å²) in [6.45, 7) is 4.97. The standard InChI is InChI=1S/C19H29N5O3/c1-3-13-8-9-21-16(10-13)19(26)23-12(2)18(25)22-11-14-4-6-15(7-5-14)17(20)24-27/h4-7,12-13,16,21,27H,3,8-11H2,1-2H3,(H2,20,24)(H,22,25)(H,23,26)/t12-,13-,16+/m0/s1. The molecule has 148 valence electrons. The lowest BCUT2D eigenvalue weighted by Gasteiger charge is -2.29. The van der Waals surface area contributed by atoms with Gasteiger partial charge >= 0.3 is 0 Å². The maximum atomic E-state index is 12.4. The van der Waals surface area contributed by atoms with Crippen LogP contribution in [0.1, 0.15) is 44.2 Å². The van der Waals surface area contributed by atoms with E-state index >= 15 is 0 Å². The van der Waals surface area contributed by atoms with Gasteiger partial charge < -0.3 is 26.9 Å². The highest BCUT2D eigenvalue weighted by molar-refractivity contribution is 5.97. The van der Waals surface area contributed by atoms with E-state index in [2.05, 4.69) is 28.0 Å². The third-order valence-corrected chi connectivity index (χ3v) is 4.98. The Labute approximate surface area is 159 Å². The molecule has 1 saturated heterocycles. The molecule has 0 spiro atoms. The predicted octanol–water partition coefficient (Wildman–Crippen LogP) is 0.680. The van der Waals surface area contributed by atoms with E-state index in [-0.39, 0.29) is 23.7 Å². The number of hydrogen-bond donors (Lipinski definition) is 5. The Morgan fingerprint density at radius 3 is 2.70 bits per heavy atom. The number of nitrogens with two attached hydrogens (primary N) is 1. The summed E-state index contributed by atoms with van der Waals surface area (Å²) in [6, 6.07) is 6.14. The number of nitrogens with zero attached hydrogens (tertiary/aromatic N) is 1. The molecular weight excluding hydrogens is 346 g/mol. The molecule has 1 aromatic rings. The van der Waals surface area contributed by atoms with Crippen LogP contribution in [0, 0.1) is 5.92 Å². The maximum absolute atomic E-state index is 12.4. The lowest BCUT2D eigenvalue weighted by molar-refractivity contribution is -0.130. The first-order valence-electron chi connectivity index (χ1n) is 9.32. The summed E-state index contributed by atoms with van der Waals surface area (Å²) in [5, 5.41) is 20.4. The molecule has 3 atom stereocenters. The quantitative estimate of drug-likeness (QED) is 0.207. The fourth-order valence-electron chi connectivity index (χ4n) is 3.14. The Morgan fingerprint density at radius 1 is 1.37 bits per heavy atom. The third kappa shape index (κ3) is 5.96. The van der Waals surface area contributed by atoms with Crippen molar-refractivity contribution in [3.8, 4) is 0 Å². The summed E-state index contributed by atoms with van der Waals surface area (Å²) in [5.41, 5.74) is 6.98. The van der Waals surface area contributed by atoms with Crippen molar-refractivity contribution in [3.63, 3.8) is 0 Å². The van der Waals surface area contributed by atoms with E-state index in [4.69, 9.17) is 10.9 Å². The first-order chi connectivity index (χ1) is 12.9. The monoisotopic (exact) mass is 375 g/mol. The Balaban J connectivity index is 1.80. The molecule has 2 amide bonds. The third-order valence-electron chi connectivity index (χ3n) is 4.98. The van der Waals surface area contributed by atoms with Crippen LogP contribution in [0.2, 0.25) is 0 Å². The van der Waals surface area contributed by atoms with Crippen molar-refractivity contribution in [3.05, 3.63) is 35.4 Å². The zero-order valence-electron chi connectivity index (χ0n) is 15.9. The van der Waals surface area contributed by atoms with Crippen LogP contribution < -0.4 is 21.7 Å². The SMILES string of the molecule is CC[C@H]1CCN[C@@H](C(=O)N[C@@H](C)C(=O)NCc2ccc(/C(N)=N/O)cc2)C1. The van der Waals surface area contributed by atoms with Gasteiger partial charge in [0.1, 0.15) is 6.04 Å². The van der Waals surface area contributed by atoms with Gasteiger partial charge in [-0.1, -0.05) is 42.8 Å². The van der Waals surface area contributed by atoms with E-state index in [1.165, 1.54) is 0 Å². The lowest BCUT2D eigenvalue weighted by Crippen LogP contribution is -2.53. The molecule has 0 aliphatic carbocycles. The van der Waals surface area contributed by atoms with Gasteiger partial charge in [0.05, 0.1) is 6.04 Å². The molecule has 8 nitrogen and oxygen atoms in total. The van der Waals surface area contributed by atoms with Crippen LogP contribution in [0.5, 0.6) is 0 Å². The average molecular weight is 375 g/mol. The van der Waals surface area contributed by atoms with Gasteiger partial charge in [-0.2, -0.15) is 0 Å². The minimum atomic E-state index is -0.613. The Kier molecular flexibility index (Phi) is 7.60. The smallest absolute Gasteiger partial charge is 0.242 e. The highest BCUT2D eigenvalue weighted by Gasteiger charge is 2.27. The van der Waals surface area contributed by atoms with Gasteiger partial charge in [0.25, 0.3) is 0 Å². The van der Waals surface area contributed by atoms with Crippen molar-refractivity contribution in [1.29, 1.82) is 0 Å². The summed E-state index contributed by atoms with van der Waals surface area (Å²) in [5.74, 6) is 0.216. The molecule has 0 bridgehead atoms. The fourth-order valence-corrected chi connectivity index (χ4v) is 3.14. The van der Waals surface area contributed by atoms with Crippen LogP contribution in [0.3, 0.4) is 0 Å². The number of nitrogens with one attached hydrogen (secondary N) is 3. The van der Waals surface area contributed by atoms with Gasteiger partial charge in [-0.15, -0.1) is 0 Å². The molecule has 0 saturated carbocycles. The zero-order chi connectivity index (χ0) is 19.8. The molecule has 6 N–H and O–H groups in total. The van der Waals surface area contributed by atoms with Gasteiger partial charge in [0, 0.05) is 12.1 Å². The van der Waals surface area contributed by atoms with Crippen LogP contribution in [0.4, 0.5) is 0 Å². The number of carbonyl (C=O) groups excluding carboxylic acids is 2. The molecule has 1 aliphatic rings. The molecule has 8 heteroatoms. The second-order valence-corrected chi connectivity index (χ2v) is 6.94. The van der Waals surface area contributed by atoms with Gasteiger partial charge in [0.2, 0.25) is 11.8 Å². The number of oxime groups is 1. The second kappa shape index (κ2) is 9.91. The number of amidine groups is 1. The summed E-state index contributed by atoms with van der Waals surface area (Å²) in [4.78, 5) is 24.6. The van der Waals surface area contributed by atoms with Gasteiger partial charge in [-0.3, -0.25) is 9.59 Å². The normalized spacial score (nSPS) is 21.3. The Hall–Kier alpha value is -2.61. The first-order valence-corrected chi connectivity index (χ1v) is 9.32. The van der Waals surface area contributed by atoms with E-state index in [0.717, 1.165) is 31.4 Å². The number of benzene rings is 1. The van der Waals surface area contributed by atoms with Crippen molar-refractivity contribution >= 4 is 17.6 Å². The van der Waals surface area contributed by atoms with Crippen LogP contribution in [0.25, 0.3) is 0 Å². The van der Waals surface area contributed by atoms with Crippen molar-refractivity contribution < 1.29 is 14.8 Å². The molecule has 0 radical (unpaired) electrons. The average Bonchev–Trinajstić information content (AvgIpc) is 2.71. The van der Waals surface area contributed by atoms with E-state index in [1.54, 1.807) is 31.2 Å². The van der Waals surface area contributed by atoms with Crippen molar-refractivity contribution in [2.24, 2.45) is 16.8 Å². The Bertz CT molecular complexity index is 674. The van der Waals surface area contributed by atoms with Crippen LogP contribution in [-0.4, -0.2) is 41.5 Å². The van der Waals surface area contributed by atoms with E-state index in [9.17, 15) is 9.59 Å². The van der Waals surface area contributed by atoms with Gasteiger partial charge in [0.15, 0.2) is 5.84 Å². The maximum Gasteiger partial charge on any atom is 0.242 e. The highest BCUT2D eigenvalue weighted by atomic mass is 16.4. The van der Waals surface area contributed by atoms with E-state index in [1.807, 2.05) is 0 Å². The molecule has 2 rings (SSSR count). The number of rotatable bonds is 7. The Morgan fingerprint density at radius 2 is 2.07 bits per heavy atom. The molecule has 0 unspecified atom stereocenters. The minimum Gasteiger partial charge on any atom is -0.409 e. The molecule has 1 aliphatic heterocycles. The lowest BCUT2D eigenvalue weighted by atomic mass is 9.90. The predicted molar refractivity (Wildman–Crippen MR) is 103 cm³/mol. The molecular formula is C19H29N5O3.